The van der Waals surface area contributed by atoms with Crippen molar-refractivity contribution in [3.05, 3.63) is 0 Å². The quantitative estimate of drug-likeness (QED) is 0.0340. The number of ether oxygens (including phenoxy) is 3. The molecule has 61 heavy (non-hydrogen) atoms. The summed E-state index contributed by atoms with van der Waals surface area (Å²) >= 11 is 0. The van der Waals surface area contributed by atoms with Gasteiger partial charge in [0.05, 0.1) is 31.7 Å². The largest absolute Gasteiger partial charge is 0.466 e. The van der Waals surface area contributed by atoms with E-state index in [1.54, 1.807) is 0 Å². The Balaban J connectivity index is 4.73. The monoisotopic (exact) mass is 865 g/mol. The van der Waals surface area contributed by atoms with Gasteiger partial charge in [-0.15, -0.1) is 0 Å². The summed E-state index contributed by atoms with van der Waals surface area (Å²) in [6.45, 7) is 14.4. The van der Waals surface area contributed by atoms with Crippen molar-refractivity contribution in [3.8, 4) is 0 Å². The highest BCUT2D eigenvalue weighted by Gasteiger charge is 2.20. The van der Waals surface area contributed by atoms with Crippen LogP contribution in [0.4, 0.5) is 0 Å². The van der Waals surface area contributed by atoms with Crippen LogP contribution >= 0.6 is 0 Å². The van der Waals surface area contributed by atoms with Gasteiger partial charge >= 0.3 is 17.9 Å². The molecule has 2 atom stereocenters. The Morgan fingerprint density at radius 3 is 1.10 bits per heavy atom. The predicted molar refractivity (Wildman–Crippen MR) is 259 cm³/mol. The van der Waals surface area contributed by atoms with Crippen LogP contribution in [0.25, 0.3) is 0 Å². The van der Waals surface area contributed by atoms with Gasteiger partial charge in [-0.05, 0) is 97.9 Å². The van der Waals surface area contributed by atoms with Gasteiger partial charge in [-0.25, -0.2) is 0 Å². The van der Waals surface area contributed by atoms with Crippen molar-refractivity contribution in [1.29, 1.82) is 0 Å². The highest BCUT2D eigenvalue weighted by atomic mass is 16.5. The molecule has 8 nitrogen and oxygen atoms in total. The van der Waals surface area contributed by atoms with Gasteiger partial charge in [0, 0.05) is 13.0 Å². The summed E-state index contributed by atoms with van der Waals surface area (Å²) in [5, 5.41) is 0. The summed E-state index contributed by atoms with van der Waals surface area (Å²) in [7, 11) is 4.05. The zero-order chi connectivity index (χ0) is 44.9. The molecule has 0 heterocycles. The van der Waals surface area contributed by atoms with Crippen LogP contribution in [0.5, 0.6) is 0 Å². The van der Waals surface area contributed by atoms with E-state index in [2.05, 4.69) is 37.5 Å². The highest BCUT2D eigenvalue weighted by Crippen LogP contribution is 2.22. The van der Waals surface area contributed by atoms with Crippen molar-refractivity contribution in [1.82, 2.24) is 9.80 Å². The summed E-state index contributed by atoms with van der Waals surface area (Å²) in [4.78, 5) is 43.0. The Morgan fingerprint density at radius 2 is 0.689 bits per heavy atom. The fraction of sp³-hybridized carbons (Fsp3) is 0.943. The summed E-state index contributed by atoms with van der Waals surface area (Å²) in [6, 6.07) is 0. The molecule has 0 spiro atoms. The number of hydrogen-bond acceptors (Lipinski definition) is 8. The van der Waals surface area contributed by atoms with Gasteiger partial charge < -0.3 is 24.0 Å². The van der Waals surface area contributed by atoms with E-state index in [4.69, 9.17) is 14.2 Å². The lowest BCUT2D eigenvalue weighted by Gasteiger charge is -2.22. The van der Waals surface area contributed by atoms with Crippen LogP contribution in [0.15, 0.2) is 0 Å². The Morgan fingerprint density at radius 1 is 0.361 bits per heavy atom. The van der Waals surface area contributed by atoms with Gasteiger partial charge in [0.2, 0.25) is 0 Å². The molecule has 0 aliphatic carbocycles. The van der Waals surface area contributed by atoms with Gasteiger partial charge in [-0.2, -0.15) is 0 Å². The SMILES string of the molecule is CCCCCCCCC(CCCCCC)C(=O)OCCCCCCN(CCCCCCOC(=O)C(CCCCCC)CCCCCCCC)CCCOC(=O)CCCN(C)C. The van der Waals surface area contributed by atoms with Gasteiger partial charge in [0.25, 0.3) is 0 Å². The van der Waals surface area contributed by atoms with E-state index in [9.17, 15) is 14.4 Å². The van der Waals surface area contributed by atoms with Crippen LogP contribution in [-0.4, -0.2) is 87.8 Å². The van der Waals surface area contributed by atoms with E-state index >= 15 is 0 Å². The van der Waals surface area contributed by atoms with E-state index in [-0.39, 0.29) is 29.7 Å². The van der Waals surface area contributed by atoms with Crippen LogP contribution in [0, 0.1) is 11.8 Å². The number of hydrogen-bond donors (Lipinski definition) is 0. The molecular formula is C53H104N2O6. The van der Waals surface area contributed by atoms with Crippen LogP contribution in [0.3, 0.4) is 0 Å². The Kier molecular flexibility index (Phi) is 45.1. The summed E-state index contributed by atoms with van der Waals surface area (Å²) < 4.78 is 17.3. The van der Waals surface area contributed by atoms with Crippen LogP contribution in [0.1, 0.15) is 252 Å². The lowest BCUT2D eigenvalue weighted by atomic mass is 9.94. The number of nitrogens with zero attached hydrogens (tertiary/aromatic N) is 2. The first kappa shape index (κ1) is 59.3. The van der Waals surface area contributed by atoms with Crippen molar-refractivity contribution < 1.29 is 28.6 Å². The third kappa shape index (κ3) is 40.8. The minimum absolute atomic E-state index is 0.0401. The smallest absolute Gasteiger partial charge is 0.308 e. The lowest BCUT2D eigenvalue weighted by Crippen LogP contribution is -2.28. The zero-order valence-electron chi connectivity index (χ0n) is 41.7. The molecule has 0 bridgehead atoms. The summed E-state index contributed by atoms with van der Waals surface area (Å²) in [5.74, 6) is 0.129. The van der Waals surface area contributed by atoms with E-state index in [1.807, 2.05) is 14.1 Å². The first-order valence-electron chi connectivity index (χ1n) is 26.6. The molecule has 362 valence electrons. The van der Waals surface area contributed by atoms with Crippen molar-refractivity contribution in [3.63, 3.8) is 0 Å². The minimum Gasteiger partial charge on any atom is -0.466 e. The fourth-order valence-electron chi connectivity index (χ4n) is 8.32. The molecule has 2 unspecified atom stereocenters. The van der Waals surface area contributed by atoms with Crippen molar-refractivity contribution in [2.24, 2.45) is 11.8 Å². The maximum Gasteiger partial charge on any atom is 0.308 e. The fourth-order valence-corrected chi connectivity index (χ4v) is 8.32. The molecule has 8 heteroatoms. The third-order valence-electron chi connectivity index (χ3n) is 12.4. The second kappa shape index (κ2) is 46.3. The first-order chi connectivity index (χ1) is 29.8. The van der Waals surface area contributed by atoms with Crippen LogP contribution in [-0.2, 0) is 28.6 Å². The average Bonchev–Trinajstić information content (AvgIpc) is 3.24. The van der Waals surface area contributed by atoms with E-state index in [0.29, 0.717) is 26.2 Å². The Hall–Kier alpha value is -1.67. The van der Waals surface area contributed by atoms with Gasteiger partial charge in [-0.3, -0.25) is 14.4 Å². The number of carbonyl (C=O) groups excluding carboxylic acids is 3. The van der Waals surface area contributed by atoms with Gasteiger partial charge in [0.1, 0.15) is 0 Å². The molecule has 0 amide bonds. The molecule has 0 aromatic rings. The molecule has 0 saturated heterocycles. The van der Waals surface area contributed by atoms with Crippen LogP contribution < -0.4 is 0 Å². The van der Waals surface area contributed by atoms with Crippen molar-refractivity contribution in [2.75, 3.05) is 60.1 Å². The minimum atomic E-state index is -0.0924. The molecule has 0 fully saturated rings. The number of unbranched alkanes of at least 4 members (excludes halogenated alkanes) is 22. The molecule has 0 aromatic carbocycles. The molecule has 0 rings (SSSR count). The van der Waals surface area contributed by atoms with E-state index < -0.39 is 0 Å². The molecule has 0 aliphatic rings. The molecule has 0 aliphatic heterocycles. The molecule has 0 aromatic heterocycles. The van der Waals surface area contributed by atoms with Crippen molar-refractivity contribution in [2.45, 2.75) is 252 Å². The van der Waals surface area contributed by atoms with E-state index in [1.165, 1.54) is 103 Å². The Labute approximate surface area is 379 Å². The molecular weight excluding hydrogens is 761 g/mol. The molecule has 0 saturated carbocycles. The maximum atomic E-state index is 13.1. The molecule has 0 radical (unpaired) electrons. The van der Waals surface area contributed by atoms with Crippen LogP contribution in [0.2, 0.25) is 0 Å². The summed E-state index contributed by atoms with van der Waals surface area (Å²) in [5.41, 5.74) is 0. The topological polar surface area (TPSA) is 85.4 Å². The standard InChI is InChI=1S/C53H104N2O6/c1-7-11-15-19-21-29-39-49(37-27-17-13-9-3)52(57)60-46-33-25-23-31-43-55(45-36-48-59-51(56)41-35-42-54(5)6)44-32-24-26-34-47-61-53(58)50(38-28-18-14-10-4)40-30-22-20-16-12-8-2/h49-50H,7-48H2,1-6H3. The average molecular weight is 865 g/mol. The number of esters is 3. The summed E-state index contributed by atoms with van der Waals surface area (Å²) in [6.07, 6.45) is 39.3. The normalized spacial score (nSPS) is 12.6. The predicted octanol–water partition coefficient (Wildman–Crippen LogP) is 14.4. The van der Waals surface area contributed by atoms with Crippen molar-refractivity contribution >= 4 is 17.9 Å². The van der Waals surface area contributed by atoms with E-state index in [0.717, 1.165) is 142 Å². The first-order valence-corrected chi connectivity index (χ1v) is 26.6. The van der Waals surface area contributed by atoms with Gasteiger partial charge in [0.15, 0.2) is 0 Å². The lowest BCUT2D eigenvalue weighted by molar-refractivity contribution is -0.150. The molecule has 0 N–H and O–H groups in total. The number of carbonyl (C=O) groups is 3. The Bertz CT molecular complexity index is 903. The zero-order valence-corrected chi connectivity index (χ0v) is 41.7. The highest BCUT2D eigenvalue weighted by molar-refractivity contribution is 5.72. The number of rotatable bonds is 48. The van der Waals surface area contributed by atoms with Gasteiger partial charge in [-0.1, -0.05) is 182 Å². The maximum absolute atomic E-state index is 13.1. The third-order valence-corrected chi connectivity index (χ3v) is 12.4. The second-order valence-corrected chi connectivity index (χ2v) is 18.7. The second-order valence-electron chi connectivity index (χ2n) is 18.7.